The monoisotopic (exact) mass is 352 g/mol. The minimum atomic E-state index is -0.936. The number of nitrogens with two attached hydrogens (primary N) is 1. The fraction of sp³-hybridized carbons (Fsp3) is 0.278. The molecule has 128 valence electrons. The molecule has 1 atom stereocenters. The quantitative estimate of drug-likeness (QED) is 0.827. The lowest BCUT2D eigenvalue weighted by atomic mass is 9.87. The highest BCUT2D eigenvalue weighted by Crippen LogP contribution is 2.31. The van der Waals surface area contributed by atoms with Gasteiger partial charge in [-0.25, -0.2) is 8.78 Å². The topological polar surface area (TPSA) is 55.1 Å². The van der Waals surface area contributed by atoms with E-state index in [2.05, 4.69) is 5.32 Å². The van der Waals surface area contributed by atoms with Gasteiger partial charge in [-0.2, -0.15) is 0 Å². The summed E-state index contributed by atoms with van der Waals surface area (Å²) < 4.78 is 26.1. The van der Waals surface area contributed by atoms with Crippen LogP contribution >= 0.6 is 12.4 Å². The van der Waals surface area contributed by atoms with E-state index in [-0.39, 0.29) is 30.8 Å². The van der Waals surface area contributed by atoms with E-state index in [4.69, 9.17) is 5.73 Å². The van der Waals surface area contributed by atoms with Crippen LogP contribution in [0.3, 0.4) is 0 Å². The zero-order valence-corrected chi connectivity index (χ0v) is 13.8. The van der Waals surface area contributed by atoms with E-state index in [1.54, 1.807) is 0 Å². The summed E-state index contributed by atoms with van der Waals surface area (Å²) in [5.74, 6) is -2.05. The lowest BCUT2D eigenvalue weighted by molar-refractivity contribution is -0.121. The summed E-state index contributed by atoms with van der Waals surface area (Å²) >= 11 is 0. The molecule has 0 radical (unpaired) electrons. The van der Waals surface area contributed by atoms with Crippen LogP contribution in [0, 0.1) is 11.6 Å². The van der Waals surface area contributed by atoms with Crippen LogP contribution in [-0.2, 0) is 17.6 Å². The first kappa shape index (κ1) is 18.2. The number of nitrogen functional groups attached to an aromatic ring is 1. The number of nitrogens with one attached hydrogen (secondary N) is 1. The molecular weight excluding hydrogens is 334 g/mol. The van der Waals surface area contributed by atoms with Crippen LogP contribution < -0.4 is 11.1 Å². The zero-order valence-electron chi connectivity index (χ0n) is 13.0. The van der Waals surface area contributed by atoms with Gasteiger partial charge in [0, 0.05) is 5.69 Å². The summed E-state index contributed by atoms with van der Waals surface area (Å²) in [6.45, 7) is 0. The van der Waals surface area contributed by atoms with Gasteiger partial charge >= 0.3 is 0 Å². The molecule has 1 aliphatic rings. The molecule has 3 N–H and O–H groups in total. The molecule has 24 heavy (non-hydrogen) atoms. The Morgan fingerprint density at radius 2 is 1.96 bits per heavy atom. The number of carbonyl (C=O) groups is 1. The minimum Gasteiger partial charge on any atom is -0.399 e. The second kappa shape index (κ2) is 7.62. The van der Waals surface area contributed by atoms with Crippen LogP contribution in [0.25, 0.3) is 0 Å². The van der Waals surface area contributed by atoms with Crippen molar-refractivity contribution in [2.75, 3.05) is 5.73 Å². The number of benzene rings is 2. The van der Waals surface area contributed by atoms with Gasteiger partial charge in [-0.1, -0.05) is 12.1 Å². The molecule has 2 aromatic rings. The SMILES string of the molecule is Cl.Nc1ccc2c(c1)CCCC2NC(=O)Cc1ccc(F)c(F)c1. The number of halogens is 3. The standard InChI is InChI=1S/C18H18F2N2O.ClH/c19-15-7-4-11(8-16(15)20)9-18(23)22-17-3-1-2-12-10-13(21)5-6-14(12)17;/h4-8,10,17H,1-3,9,21H2,(H,22,23);1H. The molecule has 1 amide bonds. The molecule has 0 spiro atoms. The van der Waals surface area contributed by atoms with E-state index < -0.39 is 11.6 Å². The maximum absolute atomic E-state index is 13.2. The number of hydrogen-bond donors (Lipinski definition) is 2. The fourth-order valence-electron chi connectivity index (χ4n) is 3.06. The molecule has 1 unspecified atom stereocenters. The van der Waals surface area contributed by atoms with E-state index in [1.807, 2.05) is 18.2 Å². The van der Waals surface area contributed by atoms with Crippen molar-refractivity contribution in [3.05, 3.63) is 64.7 Å². The third-order valence-corrected chi connectivity index (χ3v) is 4.17. The summed E-state index contributed by atoms with van der Waals surface area (Å²) in [6.07, 6.45) is 2.82. The molecule has 3 nitrogen and oxygen atoms in total. The second-order valence-corrected chi connectivity index (χ2v) is 5.90. The lowest BCUT2D eigenvalue weighted by Crippen LogP contribution is -2.32. The van der Waals surface area contributed by atoms with Crippen molar-refractivity contribution < 1.29 is 13.6 Å². The number of anilines is 1. The van der Waals surface area contributed by atoms with Crippen molar-refractivity contribution in [1.29, 1.82) is 0 Å². The first-order valence-electron chi connectivity index (χ1n) is 7.64. The molecular formula is C18H19ClF2N2O. The van der Waals surface area contributed by atoms with Gasteiger partial charge in [-0.3, -0.25) is 4.79 Å². The van der Waals surface area contributed by atoms with Crippen molar-refractivity contribution in [3.8, 4) is 0 Å². The average molecular weight is 353 g/mol. The van der Waals surface area contributed by atoms with E-state index in [0.717, 1.165) is 48.2 Å². The molecule has 6 heteroatoms. The summed E-state index contributed by atoms with van der Waals surface area (Å²) in [5, 5.41) is 2.98. The van der Waals surface area contributed by atoms with Gasteiger partial charge in [0.1, 0.15) is 0 Å². The average Bonchev–Trinajstić information content (AvgIpc) is 2.51. The van der Waals surface area contributed by atoms with Crippen LogP contribution in [0.1, 0.15) is 35.6 Å². The molecule has 0 saturated heterocycles. The van der Waals surface area contributed by atoms with Crippen molar-refractivity contribution >= 4 is 24.0 Å². The van der Waals surface area contributed by atoms with Crippen LogP contribution in [0.4, 0.5) is 14.5 Å². The molecule has 2 aromatic carbocycles. The Kier molecular flexibility index (Phi) is 5.78. The summed E-state index contributed by atoms with van der Waals surface area (Å²) in [7, 11) is 0. The van der Waals surface area contributed by atoms with Gasteiger partial charge in [0.25, 0.3) is 0 Å². The normalized spacial score (nSPS) is 16.0. The molecule has 0 saturated carbocycles. The molecule has 0 aliphatic heterocycles. The Morgan fingerprint density at radius 3 is 2.71 bits per heavy atom. The van der Waals surface area contributed by atoms with E-state index in [9.17, 15) is 13.6 Å². The van der Waals surface area contributed by atoms with Crippen LogP contribution in [0.2, 0.25) is 0 Å². The Hall–Kier alpha value is -2.14. The number of fused-ring (bicyclic) bond motifs is 1. The van der Waals surface area contributed by atoms with Crippen molar-refractivity contribution in [2.24, 2.45) is 0 Å². The van der Waals surface area contributed by atoms with Gasteiger partial charge in [-0.05, 0) is 60.2 Å². The number of hydrogen-bond acceptors (Lipinski definition) is 2. The molecule has 0 aromatic heterocycles. The summed E-state index contributed by atoms with van der Waals surface area (Å²) in [6, 6.07) is 9.19. The predicted octanol–water partition coefficient (Wildman–Crippen LogP) is 3.71. The smallest absolute Gasteiger partial charge is 0.224 e. The third-order valence-electron chi connectivity index (χ3n) is 4.17. The molecule has 3 rings (SSSR count). The van der Waals surface area contributed by atoms with Crippen molar-refractivity contribution in [2.45, 2.75) is 31.7 Å². The van der Waals surface area contributed by atoms with Crippen molar-refractivity contribution in [1.82, 2.24) is 5.32 Å². The highest BCUT2D eigenvalue weighted by Gasteiger charge is 2.22. The highest BCUT2D eigenvalue weighted by atomic mass is 35.5. The zero-order chi connectivity index (χ0) is 16.4. The number of aryl methyl sites for hydroxylation is 1. The fourth-order valence-corrected chi connectivity index (χ4v) is 3.06. The summed E-state index contributed by atoms with van der Waals surface area (Å²) in [4.78, 5) is 12.2. The number of amides is 1. The largest absolute Gasteiger partial charge is 0.399 e. The molecule has 0 heterocycles. The van der Waals surface area contributed by atoms with Gasteiger partial charge in [0.05, 0.1) is 12.5 Å². The Bertz CT molecular complexity index is 752. The first-order chi connectivity index (χ1) is 11.0. The van der Waals surface area contributed by atoms with Gasteiger partial charge in [-0.15, -0.1) is 12.4 Å². The van der Waals surface area contributed by atoms with Crippen LogP contribution in [0.15, 0.2) is 36.4 Å². The van der Waals surface area contributed by atoms with E-state index >= 15 is 0 Å². The van der Waals surface area contributed by atoms with Gasteiger partial charge in [0.2, 0.25) is 5.91 Å². The van der Waals surface area contributed by atoms with Crippen molar-refractivity contribution in [3.63, 3.8) is 0 Å². The Labute approximate surface area is 145 Å². The molecule has 0 bridgehead atoms. The maximum atomic E-state index is 13.2. The van der Waals surface area contributed by atoms with Crippen LogP contribution in [0.5, 0.6) is 0 Å². The lowest BCUT2D eigenvalue weighted by Gasteiger charge is -2.26. The first-order valence-corrected chi connectivity index (χ1v) is 7.64. The van der Waals surface area contributed by atoms with E-state index in [1.165, 1.54) is 6.07 Å². The highest BCUT2D eigenvalue weighted by molar-refractivity contribution is 5.85. The van der Waals surface area contributed by atoms with E-state index in [0.29, 0.717) is 5.56 Å². The number of rotatable bonds is 3. The summed E-state index contributed by atoms with van der Waals surface area (Å²) in [5.41, 5.74) is 9.23. The van der Waals surface area contributed by atoms with Gasteiger partial charge in [0.15, 0.2) is 11.6 Å². The number of carbonyl (C=O) groups excluding carboxylic acids is 1. The Balaban J connectivity index is 0.00000208. The second-order valence-electron chi connectivity index (χ2n) is 5.90. The Morgan fingerprint density at radius 1 is 1.17 bits per heavy atom. The molecule has 1 aliphatic carbocycles. The molecule has 0 fully saturated rings. The maximum Gasteiger partial charge on any atom is 0.224 e. The third kappa shape index (κ3) is 4.03. The minimum absolute atomic E-state index is 0. The predicted molar refractivity (Wildman–Crippen MR) is 92.0 cm³/mol. The van der Waals surface area contributed by atoms with Gasteiger partial charge < -0.3 is 11.1 Å². The van der Waals surface area contributed by atoms with Crippen LogP contribution in [-0.4, -0.2) is 5.91 Å².